The van der Waals surface area contributed by atoms with E-state index in [2.05, 4.69) is 38.2 Å². The third-order valence-electron chi connectivity index (χ3n) is 2.39. The molecule has 0 fully saturated rings. The molecule has 0 spiro atoms. The minimum atomic E-state index is 0.697. The molecular formula is C11H19N. The summed E-state index contributed by atoms with van der Waals surface area (Å²) in [5.41, 5.74) is 2.95. The van der Waals surface area contributed by atoms with Crippen LogP contribution in [0.15, 0.2) is 23.4 Å². The van der Waals surface area contributed by atoms with Crippen molar-refractivity contribution in [3.05, 3.63) is 23.4 Å². The zero-order valence-corrected chi connectivity index (χ0v) is 8.35. The van der Waals surface area contributed by atoms with Gasteiger partial charge in [0.05, 0.1) is 0 Å². The molecular weight excluding hydrogens is 146 g/mol. The van der Waals surface area contributed by atoms with Gasteiger partial charge in [-0.05, 0) is 18.4 Å². The monoisotopic (exact) mass is 165 g/mol. The lowest BCUT2D eigenvalue weighted by Gasteiger charge is -2.02. The molecule has 1 heteroatoms. The van der Waals surface area contributed by atoms with Gasteiger partial charge in [0.15, 0.2) is 0 Å². The Morgan fingerprint density at radius 1 is 1.50 bits per heavy atom. The van der Waals surface area contributed by atoms with Crippen LogP contribution in [0.5, 0.6) is 0 Å². The molecule has 1 unspecified atom stereocenters. The van der Waals surface area contributed by atoms with Crippen LogP contribution in [0.4, 0.5) is 0 Å². The molecule has 1 N–H and O–H groups in total. The van der Waals surface area contributed by atoms with Gasteiger partial charge in [-0.25, -0.2) is 0 Å². The Morgan fingerprint density at radius 2 is 2.25 bits per heavy atom. The molecule has 0 aromatic carbocycles. The molecule has 0 radical (unpaired) electrons. The Balaban J connectivity index is 2.73. The second-order valence-corrected chi connectivity index (χ2v) is 3.38. The van der Waals surface area contributed by atoms with E-state index in [1.54, 1.807) is 0 Å². The average Bonchev–Trinajstić information content (AvgIpc) is 2.43. The molecule has 0 saturated heterocycles. The summed E-state index contributed by atoms with van der Waals surface area (Å²) in [6, 6.07) is 0. The van der Waals surface area contributed by atoms with Crippen LogP contribution in [0.1, 0.15) is 33.6 Å². The summed E-state index contributed by atoms with van der Waals surface area (Å²) in [4.78, 5) is 0. The summed E-state index contributed by atoms with van der Waals surface area (Å²) >= 11 is 0. The van der Waals surface area contributed by atoms with Crippen molar-refractivity contribution in [1.29, 1.82) is 0 Å². The number of hydrogen-bond donors (Lipinski definition) is 1. The number of allylic oxidation sites excluding steroid dienone is 3. The summed E-state index contributed by atoms with van der Waals surface area (Å²) < 4.78 is 0. The molecule has 0 amide bonds. The lowest BCUT2D eigenvalue weighted by molar-refractivity contribution is 0.696. The number of rotatable bonds is 3. The zero-order valence-electron chi connectivity index (χ0n) is 8.35. The van der Waals surface area contributed by atoms with Crippen molar-refractivity contribution in [2.75, 3.05) is 6.54 Å². The van der Waals surface area contributed by atoms with Gasteiger partial charge < -0.3 is 5.32 Å². The molecule has 1 rings (SSSR count). The maximum absolute atomic E-state index is 3.44. The topological polar surface area (TPSA) is 12.0 Å². The number of nitrogens with one attached hydrogen (secondary N) is 1. The second kappa shape index (κ2) is 4.34. The predicted molar refractivity (Wildman–Crippen MR) is 53.9 cm³/mol. The highest BCUT2D eigenvalue weighted by Gasteiger charge is 2.17. The van der Waals surface area contributed by atoms with Crippen molar-refractivity contribution in [1.82, 2.24) is 5.32 Å². The Labute approximate surface area is 75.6 Å². The lowest BCUT2D eigenvalue weighted by atomic mass is 10.0. The lowest BCUT2D eigenvalue weighted by Crippen LogP contribution is -2.09. The van der Waals surface area contributed by atoms with Gasteiger partial charge in [0.1, 0.15) is 0 Å². The Morgan fingerprint density at radius 3 is 2.83 bits per heavy atom. The van der Waals surface area contributed by atoms with Crippen LogP contribution in [-0.2, 0) is 0 Å². The summed E-state index contributed by atoms with van der Waals surface area (Å²) in [7, 11) is 0. The molecule has 68 valence electrons. The van der Waals surface area contributed by atoms with Gasteiger partial charge in [-0.1, -0.05) is 32.9 Å². The minimum absolute atomic E-state index is 0.697. The van der Waals surface area contributed by atoms with Crippen molar-refractivity contribution < 1.29 is 0 Å². The highest BCUT2D eigenvalue weighted by molar-refractivity contribution is 5.31. The summed E-state index contributed by atoms with van der Waals surface area (Å²) in [6.07, 6.45) is 6.79. The Hall–Kier alpha value is -0.720. The summed E-state index contributed by atoms with van der Waals surface area (Å²) in [5.74, 6) is 0.697. The van der Waals surface area contributed by atoms with Crippen molar-refractivity contribution in [2.24, 2.45) is 5.92 Å². The smallest absolute Gasteiger partial charge is 0.0210 e. The van der Waals surface area contributed by atoms with E-state index in [1.165, 1.54) is 11.3 Å². The van der Waals surface area contributed by atoms with E-state index in [0.29, 0.717) is 5.92 Å². The minimum Gasteiger partial charge on any atom is -0.388 e. The van der Waals surface area contributed by atoms with Crippen molar-refractivity contribution >= 4 is 0 Å². The number of hydrogen-bond acceptors (Lipinski definition) is 1. The fourth-order valence-corrected chi connectivity index (χ4v) is 1.62. The molecule has 0 aliphatic carbocycles. The third-order valence-corrected chi connectivity index (χ3v) is 2.39. The van der Waals surface area contributed by atoms with Crippen molar-refractivity contribution in [3.8, 4) is 0 Å². The highest BCUT2D eigenvalue weighted by Crippen LogP contribution is 2.23. The second-order valence-electron chi connectivity index (χ2n) is 3.38. The Kier molecular flexibility index (Phi) is 3.39. The first-order chi connectivity index (χ1) is 5.79. The van der Waals surface area contributed by atoms with Crippen LogP contribution >= 0.6 is 0 Å². The quantitative estimate of drug-likeness (QED) is 0.678. The summed E-state index contributed by atoms with van der Waals surface area (Å²) in [6.45, 7) is 7.79. The predicted octanol–water partition coefficient (Wildman–Crippen LogP) is 2.86. The van der Waals surface area contributed by atoms with Crippen LogP contribution in [-0.4, -0.2) is 6.54 Å². The first-order valence-electron chi connectivity index (χ1n) is 4.93. The van der Waals surface area contributed by atoms with Gasteiger partial charge in [0.25, 0.3) is 0 Å². The van der Waals surface area contributed by atoms with E-state index in [0.717, 1.165) is 19.4 Å². The zero-order chi connectivity index (χ0) is 8.97. The molecule has 0 bridgehead atoms. The van der Waals surface area contributed by atoms with Crippen molar-refractivity contribution in [2.45, 2.75) is 33.6 Å². The van der Waals surface area contributed by atoms with E-state index >= 15 is 0 Å². The van der Waals surface area contributed by atoms with Gasteiger partial charge in [-0.15, -0.1) is 0 Å². The highest BCUT2D eigenvalue weighted by atomic mass is 14.9. The standard InChI is InChI=1S/C11H19N/c1-4-6-7-10-9(3)8-12-11(10)5-2/h6-7,9,12H,4-5,8H2,1-3H3/b7-6-. The van der Waals surface area contributed by atoms with Crippen LogP contribution in [0.2, 0.25) is 0 Å². The van der Waals surface area contributed by atoms with Gasteiger partial charge in [-0.3, -0.25) is 0 Å². The molecule has 12 heavy (non-hydrogen) atoms. The molecule has 0 aromatic heterocycles. The largest absolute Gasteiger partial charge is 0.388 e. The maximum atomic E-state index is 3.44. The van der Waals surface area contributed by atoms with Gasteiger partial charge in [-0.2, -0.15) is 0 Å². The molecule has 0 saturated carbocycles. The van der Waals surface area contributed by atoms with E-state index in [4.69, 9.17) is 0 Å². The molecule has 1 heterocycles. The fourth-order valence-electron chi connectivity index (χ4n) is 1.62. The van der Waals surface area contributed by atoms with E-state index in [9.17, 15) is 0 Å². The van der Waals surface area contributed by atoms with E-state index in [-0.39, 0.29) is 0 Å². The maximum Gasteiger partial charge on any atom is 0.0210 e. The average molecular weight is 165 g/mol. The normalized spacial score (nSPS) is 23.8. The molecule has 1 nitrogen and oxygen atoms in total. The van der Waals surface area contributed by atoms with Crippen LogP contribution < -0.4 is 5.32 Å². The Bertz CT molecular complexity index is 201. The van der Waals surface area contributed by atoms with E-state index < -0.39 is 0 Å². The van der Waals surface area contributed by atoms with E-state index in [1.807, 2.05) is 0 Å². The van der Waals surface area contributed by atoms with Crippen LogP contribution in [0.25, 0.3) is 0 Å². The van der Waals surface area contributed by atoms with Gasteiger partial charge in [0.2, 0.25) is 0 Å². The third kappa shape index (κ3) is 1.90. The first-order valence-corrected chi connectivity index (χ1v) is 4.93. The molecule has 0 aromatic rings. The molecule has 1 atom stereocenters. The molecule has 1 aliphatic rings. The molecule has 1 aliphatic heterocycles. The van der Waals surface area contributed by atoms with Gasteiger partial charge >= 0.3 is 0 Å². The van der Waals surface area contributed by atoms with Crippen LogP contribution in [0.3, 0.4) is 0 Å². The van der Waals surface area contributed by atoms with Crippen LogP contribution in [0, 0.1) is 5.92 Å². The fraction of sp³-hybridized carbons (Fsp3) is 0.636. The van der Waals surface area contributed by atoms with Gasteiger partial charge in [0, 0.05) is 18.2 Å². The van der Waals surface area contributed by atoms with Crippen molar-refractivity contribution in [3.63, 3.8) is 0 Å². The first kappa shape index (κ1) is 9.37. The summed E-state index contributed by atoms with van der Waals surface area (Å²) in [5, 5.41) is 3.44. The SMILES string of the molecule is CC/C=C\C1=C(CC)NCC1C.